The van der Waals surface area contributed by atoms with Crippen LogP contribution in [0.25, 0.3) is 0 Å². The predicted molar refractivity (Wildman–Crippen MR) is 64.4 cm³/mol. The lowest BCUT2D eigenvalue weighted by Gasteiger charge is -2.24. The Morgan fingerprint density at radius 2 is 2.24 bits per heavy atom. The van der Waals surface area contributed by atoms with E-state index in [2.05, 4.69) is 5.32 Å². The Labute approximate surface area is 101 Å². The van der Waals surface area contributed by atoms with E-state index in [0.717, 1.165) is 38.0 Å². The smallest absolute Gasteiger partial charge is 0.123 e. The maximum Gasteiger partial charge on any atom is 0.123 e. The normalized spacial score (nSPS) is 28.8. The Hall–Kier alpha value is -0.930. The average molecular weight is 235 g/mol. The summed E-state index contributed by atoms with van der Waals surface area (Å²) >= 11 is 0. The molecule has 1 saturated heterocycles. The van der Waals surface area contributed by atoms with Crippen molar-refractivity contribution in [1.29, 1.82) is 0 Å². The van der Waals surface area contributed by atoms with Crippen LogP contribution in [-0.2, 0) is 11.2 Å². The van der Waals surface area contributed by atoms with Gasteiger partial charge in [-0.25, -0.2) is 4.39 Å². The zero-order valence-corrected chi connectivity index (χ0v) is 9.92. The molecule has 2 nitrogen and oxygen atoms in total. The van der Waals surface area contributed by atoms with Gasteiger partial charge in [-0.1, -0.05) is 6.07 Å². The molecule has 0 amide bonds. The van der Waals surface area contributed by atoms with Crippen molar-refractivity contribution in [3.63, 3.8) is 0 Å². The van der Waals surface area contributed by atoms with Crippen LogP contribution in [0.1, 0.15) is 36.5 Å². The molecule has 1 fully saturated rings. The number of halogens is 1. The molecule has 1 aromatic carbocycles. The van der Waals surface area contributed by atoms with Gasteiger partial charge in [0.1, 0.15) is 5.82 Å². The lowest BCUT2D eigenvalue weighted by molar-refractivity contribution is 0.0333. The number of ether oxygens (including phenoxy) is 1. The van der Waals surface area contributed by atoms with Crippen LogP contribution < -0.4 is 5.32 Å². The summed E-state index contributed by atoms with van der Waals surface area (Å²) in [4.78, 5) is 0. The van der Waals surface area contributed by atoms with Gasteiger partial charge < -0.3 is 10.1 Å². The number of hydrogen-bond donors (Lipinski definition) is 1. The van der Waals surface area contributed by atoms with E-state index in [4.69, 9.17) is 4.74 Å². The molecule has 0 unspecified atom stereocenters. The highest BCUT2D eigenvalue weighted by molar-refractivity contribution is 5.32. The van der Waals surface area contributed by atoms with E-state index >= 15 is 0 Å². The van der Waals surface area contributed by atoms with Crippen LogP contribution in [0.15, 0.2) is 18.2 Å². The first kappa shape index (κ1) is 11.2. The molecule has 0 aliphatic carbocycles. The second-order valence-electron chi connectivity index (χ2n) is 4.94. The van der Waals surface area contributed by atoms with Crippen molar-refractivity contribution in [3.8, 4) is 0 Å². The van der Waals surface area contributed by atoms with Gasteiger partial charge in [-0.15, -0.1) is 0 Å². The fourth-order valence-corrected chi connectivity index (χ4v) is 2.93. The number of hydrogen-bond acceptors (Lipinski definition) is 2. The number of benzene rings is 1. The Bertz CT molecular complexity index is 401. The number of fused-ring (bicyclic) bond motifs is 1. The minimum Gasteiger partial charge on any atom is -0.372 e. The summed E-state index contributed by atoms with van der Waals surface area (Å²) in [5, 5.41) is 3.49. The van der Waals surface area contributed by atoms with Gasteiger partial charge in [0.2, 0.25) is 0 Å². The number of nitrogens with one attached hydrogen (secondary N) is 1. The van der Waals surface area contributed by atoms with Crippen LogP contribution >= 0.6 is 0 Å². The molecule has 3 rings (SSSR count). The quantitative estimate of drug-likeness (QED) is 0.807. The molecule has 0 bridgehead atoms. The molecule has 3 heteroatoms. The van der Waals surface area contributed by atoms with Gasteiger partial charge in [-0.05, 0) is 55.5 Å². The van der Waals surface area contributed by atoms with E-state index < -0.39 is 0 Å². The summed E-state index contributed by atoms with van der Waals surface area (Å²) in [7, 11) is 0. The highest BCUT2D eigenvalue weighted by Gasteiger charge is 2.29. The first-order chi connectivity index (χ1) is 8.34. The largest absolute Gasteiger partial charge is 0.372 e. The summed E-state index contributed by atoms with van der Waals surface area (Å²) in [5.74, 6) is -0.135. The fraction of sp³-hybridized carbons (Fsp3) is 0.571. The maximum absolute atomic E-state index is 13.3. The van der Waals surface area contributed by atoms with Gasteiger partial charge in [-0.2, -0.15) is 0 Å². The summed E-state index contributed by atoms with van der Waals surface area (Å²) in [5.41, 5.74) is 2.31. The molecule has 2 heterocycles. The molecule has 1 aromatic rings. The average Bonchev–Trinajstić information content (AvgIpc) is 2.77. The Morgan fingerprint density at radius 3 is 3.06 bits per heavy atom. The van der Waals surface area contributed by atoms with E-state index in [9.17, 15) is 4.39 Å². The molecular formula is C14H18FNO. The van der Waals surface area contributed by atoms with Gasteiger partial charge >= 0.3 is 0 Å². The van der Waals surface area contributed by atoms with E-state index in [0.29, 0.717) is 6.04 Å². The van der Waals surface area contributed by atoms with Crippen molar-refractivity contribution in [3.05, 3.63) is 35.1 Å². The highest BCUT2D eigenvalue weighted by atomic mass is 19.1. The molecule has 2 aliphatic heterocycles. The van der Waals surface area contributed by atoms with E-state index in [1.54, 1.807) is 12.1 Å². The van der Waals surface area contributed by atoms with Crippen LogP contribution in [0.3, 0.4) is 0 Å². The number of rotatable bonds is 1. The topological polar surface area (TPSA) is 21.3 Å². The molecule has 17 heavy (non-hydrogen) atoms. The molecule has 0 saturated carbocycles. The summed E-state index contributed by atoms with van der Waals surface area (Å²) < 4.78 is 19.2. The minimum atomic E-state index is -0.135. The third-order valence-electron chi connectivity index (χ3n) is 3.76. The molecule has 0 spiro atoms. The number of aryl methyl sites for hydroxylation is 1. The fourth-order valence-electron chi connectivity index (χ4n) is 2.93. The van der Waals surface area contributed by atoms with Crippen LogP contribution in [0.4, 0.5) is 4.39 Å². The molecule has 0 aromatic heterocycles. The zero-order chi connectivity index (χ0) is 11.7. The van der Waals surface area contributed by atoms with Crippen LogP contribution in [0.2, 0.25) is 0 Å². The van der Waals surface area contributed by atoms with Gasteiger partial charge in [0.25, 0.3) is 0 Å². The van der Waals surface area contributed by atoms with Crippen molar-refractivity contribution in [2.24, 2.45) is 0 Å². The summed E-state index contributed by atoms with van der Waals surface area (Å²) in [6.45, 7) is 1.85. The van der Waals surface area contributed by atoms with Gasteiger partial charge in [0.05, 0.1) is 6.10 Å². The Kier molecular flexibility index (Phi) is 3.12. The third kappa shape index (κ3) is 2.22. The third-order valence-corrected chi connectivity index (χ3v) is 3.76. The lowest BCUT2D eigenvalue weighted by Crippen LogP contribution is -2.30. The predicted octanol–water partition coefficient (Wildman–Crippen LogP) is 2.58. The van der Waals surface area contributed by atoms with Gasteiger partial charge in [0, 0.05) is 12.6 Å². The van der Waals surface area contributed by atoms with Crippen molar-refractivity contribution in [1.82, 2.24) is 5.32 Å². The Morgan fingerprint density at radius 1 is 1.29 bits per heavy atom. The lowest BCUT2D eigenvalue weighted by atomic mass is 9.95. The molecule has 2 atom stereocenters. The molecule has 92 valence electrons. The SMILES string of the molecule is Fc1ccc2c(c1)CCCO[C@H]2[C@@H]1CCCN1. The first-order valence-corrected chi connectivity index (χ1v) is 6.48. The van der Waals surface area contributed by atoms with E-state index in [1.807, 2.05) is 6.07 Å². The maximum atomic E-state index is 13.3. The molecule has 1 N–H and O–H groups in total. The highest BCUT2D eigenvalue weighted by Crippen LogP contribution is 2.32. The van der Waals surface area contributed by atoms with Crippen molar-refractivity contribution in [2.45, 2.75) is 37.8 Å². The van der Waals surface area contributed by atoms with Crippen molar-refractivity contribution in [2.75, 3.05) is 13.2 Å². The second kappa shape index (κ2) is 4.75. The molecule has 0 radical (unpaired) electrons. The van der Waals surface area contributed by atoms with Crippen LogP contribution in [0, 0.1) is 5.82 Å². The van der Waals surface area contributed by atoms with Gasteiger partial charge in [-0.3, -0.25) is 0 Å². The van der Waals surface area contributed by atoms with E-state index in [-0.39, 0.29) is 11.9 Å². The van der Waals surface area contributed by atoms with Crippen molar-refractivity contribution < 1.29 is 9.13 Å². The summed E-state index contributed by atoms with van der Waals surface area (Å²) in [6.07, 6.45) is 4.38. The van der Waals surface area contributed by atoms with E-state index in [1.165, 1.54) is 12.0 Å². The van der Waals surface area contributed by atoms with Gasteiger partial charge in [0.15, 0.2) is 0 Å². The summed E-state index contributed by atoms with van der Waals surface area (Å²) in [6, 6.07) is 5.53. The Balaban J connectivity index is 1.94. The molecule has 2 aliphatic rings. The van der Waals surface area contributed by atoms with Crippen LogP contribution in [0.5, 0.6) is 0 Å². The van der Waals surface area contributed by atoms with Crippen molar-refractivity contribution >= 4 is 0 Å². The van der Waals surface area contributed by atoms with Crippen LogP contribution in [-0.4, -0.2) is 19.2 Å². The zero-order valence-electron chi connectivity index (χ0n) is 9.92. The minimum absolute atomic E-state index is 0.107. The first-order valence-electron chi connectivity index (χ1n) is 6.48. The monoisotopic (exact) mass is 235 g/mol. The molecular weight excluding hydrogens is 217 g/mol. The second-order valence-corrected chi connectivity index (χ2v) is 4.94. The standard InChI is InChI=1S/C14H18FNO/c15-11-5-6-12-10(9-11)3-2-8-17-14(12)13-4-1-7-16-13/h5-6,9,13-14,16H,1-4,7-8H2/t13-,14+/m0/s1.